The third-order valence-electron chi connectivity index (χ3n) is 12.9. The second kappa shape index (κ2) is 15.4. The van der Waals surface area contributed by atoms with Gasteiger partial charge in [0.2, 0.25) is 0 Å². The molecule has 0 atom stereocenters. The van der Waals surface area contributed by atoms with Crippen molar-refractivity contribution in [1.29, 1.82) is 0 Å². The average molecular weight is 739 g/mol. The summed E-state index contributed by atoms with van der Waals surface area (Å²) >= 11 is 0. The molecular weight excluding hydrogens is 665 g/mol. The number of nitrogens with zero attached hydrogens (tertiary/aromatic N) is 4. The van der Waals surface area contributed by atoms with Crippen LogP contribution in [0.3, 0.4) is 0 Å². The lowest BCUT2D eigenvalue weighted by molar-refractivity contribution is 0.702. The van der Waals surface area contributed by atoms with Crippen molar-refractivity contribution in [1.82, 2.24) is 16.9 Å². The van der Waals surface area contributed by atoms with E-state index in [1.807, 2.05) is 0 Å². The smallest absolute Gasteiger partial charge is 0.266 e. The minimum atomic E-state index is -1.84. The molecule has 0 radical (unpaired) electrons. The minimum Gasteiger partial charge on any atom is -0.353 e. The SMILES string of the molecule is C=C1c2c(C)c(CC)c(C)n2[Si](C)(C)n2c(C)c(CC)c(C)c21.C=C1c2c(C)c(CC)c(C)n2[Si](C)(C)n2c(C)c(CC)c(C)c21.CCCCCC. The maximum absolute atomic E-state index is 4.54. The van der Waals surface area contributed by atoms with Crippen molar-refractivity contribution in [3.05, 3.63) is 103 Å². The number of unbranched alkanes of at least 4 members (excludes halogenated alkanes) is 3. The van der Waals surface area contributed by atoms with Gasteiger partial charge in [-0.05, 0) is 152 Å². The Morgan fingerprint density at radius 2 is 0.577 bits per heavy atom. The lowest BCUT2D eigenvalue weighted by Crippen LogP contribution is -2.50. The van der Waals surface area contributed by atoms with Crippen molar-refractivity contribution in [3.8, 4) is 0 Å². The van der Waals surface area contributed by atoms with Crippen molar-refractivity contribution in [2.45, 2.75) is 174 Å². The summed E-state index contributed by atoms with van der Waals surface area (Å²) in [7, 11) is -3.69. The first kappa shape index (κ1) is 41.8. The summed E-state index contributed by atoms with van der Waals surface area (Å²) in [6, 6.07) is 0. The van der Waals surface area contributed by atoms with Crippen LogP contribution in [0.2, 0.25) is 26.2 Å². The second-order valence-electron chi connectivity index (χ2n) is 16.6. The average Bonchev–Trinajstić information content (AvgIpc) is 3.71. The van der Waals surface area contributed by atoms with E-state index >= 15 is 0 Å². The number of hydrogen-bond donors (Lipinski definition) is 0. The predicted octanol–water partition coefficient (Wildman–Crippen LogP) is 12.8. The van der Waals surface area contributed by atoms with Crippen LogP contribution < -0.4 is 0 Å². The van der Waals surface area contributed by atoms with Crippen LogP contribution in [-0.4, -0.2) is 33.7 Å². The fraction of sp³-hybridized carbons (Fsp3) is 0.565. The highest BCUT2D eigenvalue weighted by Crippen LogP contribution is 2.44. The van der Waals surface area contributed by atoms with Crippen LogP contribution >= 0.6 is 0 Å². The summed E-state index contributed by atoms with van der Waals surface area (Å²) in [4.78, 5) is 0. The summed E-state index contributed by atoms with van der Waals surface area (Å²) < 4.78 is 10.6. The van der Waals surface area contributed by atoms with Gasteiger partial charge in [-0.25, -0.2) is 0 Å². The molecule has 0 unspecified atom stereocenters. The molecule has 0 bridgehead atoms. The molecule has 52 heavy (non-hydrogen) atoms. The molecule has 0 amide bonds. The maximum Gasteiger partial charge on any atom is 0.266 e. The van der Waals surface area contributed by atoms with Crippen LogP contribution in [0.25, 0.3) is 11.1 Å². The van der Waals surface area contributed by atoms with Crippen molar-refractivity contribution < 1.29 is 0 Å². The number of rotatable bonds is 7. The molecule has 6 heterocycles. The molecule has 286 valence electrons. The molecule has 2 aliphatic heterocycles. The van der Waals surface area contributed by atoms with Crippen molar-refractivity contribution in [3.63, 3.8) is 0 Å². The van der Waals surface area contributed by atoms with Gasteiger partial charge in [0.25, 0.3) is 16.8 Å². The Morgan fingerprint density at radius 3 is 0.731 bits per heavy atom. The Bertz CT molecular complexity index is 1740. The predicted molar refractivity (Wildman–Crippen MR) is 236 cm³/mol. The van der Waals surface area contributed by atoms with Gasteiger partial charge in [0.1, 0.15) is 0 Å². The maximum atomic E-state index is 4.54. The number of fused-ring (bicyclic) bond motifs is 4. The zero-order valence-corrected chi connectivity index (χ0v) is 38.9. The molecule has 0 aromatic carbocycles. The van der Waals surface area contributed by atoms with Crippen LogP contribution in [0.4, 0.5) is 0 Å². The zero-order chi connectivity index (χ0) is 39.4. The Morgan fingerprint density at radius 1 is 0.385 bits per heavy atom. The minimum absolute atomic E-state index is 1.10. The molecular formula is C46H74N4Si2. The quantitative estimate of drug-likeness (QED) is 0.133. The first-order valence-electron chi connectivity index (χ1n) is 20.5. The summed E-state index contributed by atoms with van der Waals surface area (Å²) in [6.45, 7) is 50.9. The van der Waals surface area contributed by atoms with Gasteiger partial charge in [-0.1, -0.05) is 80.4 Å². The van der Waals surface area contributed by atoms with Gasteiger partial charge in [0.15, 0.2) is 0 Å². The summed E-state index contributed by atoms with van der Waals surface area (Å²) in [5.74, 6) is 0. The van der Waals surface area contributed by atoms with E-state index in [4.69, 9.17) is 0 Å². The summed E-state index contributed by atoms with van der Waals surface area (Å²) in [6.07, 6.45) is 9.94. The summed E-state index contributed by atoms with van der Waals surface area (Å²) in [5.41, 5.74) is 25.6. The zero-order valence-electron chi connectivity index (χ0n) is 36.9. The third kappa shape index (κ3) is 6.08. The van der Waals surface area contributed by atoms with Crippen LogP contribution in [-0.2, 0) is 25.7 Å². The monoisotopic (exact) mass is 739 g/mol. The van der Waals surface area contributed by atoms with Crippen molar-refractivity contribution >= 4 is 27.9 Å². The standard InChI is InChI=1S/2C20H30N2Si.C6H14/c2*1-10-17-12(3)19-14(5)20-13(4)18(11-2)16(7)22(20)23(8,9)21(19)15(17)6;1-3-5-6-4-2/h2*5,10-11H2,1-4,6-9H3;3-6H2,1-2H3. The molecule has 0 saturated heterocycles. The van der Waals surface area contributed by atoms with E-state index in [-0.39, 0.29) is 0 Å². The molecule has 0 N–H and O–H groups in total. The third-order valence-corrected chi connectivity index (χ3v) is 19.5. The fourth-order valence-corrected chi connectivity index (χ4v) is 18.4. The van der Waals surface area contributed by atoms with E-state index in [1.54, 1.807) is 0 Å². The van der Waals surface area contributed by atoms with Gasteiger partial charge in [-0.3, -0.25) is 0 Å². The second-order valence-corrected chi connectivity index (χ2v) is 24.3. The van der Waals surface area contributed by atoms with Crippen LogP contribution in [0.1, 0.15) is 157 Å². The van der Waals surface area contributed by atoms with E-state index in [2.05, 4.69) is 153 Å². The van der Waals surface area contributed by atoms with Crippen LogP contribution in [0.5, 0.6) is 0 Å². The van der Waals surface area contributed by atoms with Gasteiger partial charge in [0.05, 0.1) is 0 Å². The molecule has 0 aliphatic carbocycles. The van der Waals surface area contributed by atoms with Gasteiger partial charge in [-0.2, -0.15) is 0 Å². The van der Waals surface area contributed by atoms with Crippen molar-refractivity contribution in [2.24, 2.45) is 0 Å². The molecule has 0 spiro atoms. The molecule has 4 aromatic rings. The Labute approximate surface area is 321 Å². The fourth-order valence-electron chi connectivity index (χ4n) is 10.7. The van der Waals surface area contributed by atoms with Crippen LogP contribution in [0, 0.1) is 55.4 Å². The first-order valence-corrected chi connectivity index (χ1v) is 26.3. The van der Waals surface area contributed by atoms with Gasteiger partial charge < -0.3 is 16.9 Å². The van der Waals surface area contributed by atoms with Gasteiger partial charge in [-0.15, -0.1) is 0 Å². The highest BCUT2D eigenvalue weighted by atomic mass is 28.4. The first-order chi connectivity index (χ1) is 24.3. The number of aromatic nitrogens is 4. The molecule has 2 aliphatic rings. The number of hydrogen-bond acceptors (Lipinski definition) is 0. The Balaban J connectivity index is 0.000000202. The molecule has 4 aromatic heterocycles. The normalized spacial score (nSPS) is 15.0. The van der Waals surface area contributed by atoms with E-state index < -0.39 is 16.8 Å². The molecule has 6 heteroatoms. The van der Waals surface area contributed by atoms with E-state index in [0.717, 1.165) is 25.7 Å². The molecule has 4 nitrogen and oxygen atoms in total. The van der Waals surface area contributed by atoms with Gasteiger partial charge >= 0.3 is 0 Å². The van der Waals surface area contributed by atoms with E-state index in [1.165, 1.54) is 127 Å². The highest BCUT2D eigenvalue weighted by Gasteiger charge is 2.43. The Hall–Kier alpha value is -2.97. The summed E-state index contributed by atoms with van der Waals surface area (Å²) in [5, 5.41) is 0. The molecule has 0 saturated carbocycles. The van der Waals surface area contributed by atoms with E-state index in [0.29, 0.717) is 0 Å². The van der Waals surface area contributed by atoms with Crippen molar-refractivity contribution in [2.75, 3.05) is 0 Å². The largest absolute Gasteiger partial charge is 0.353 e. The van der Waals surface area contributed by atoms with E-state index in [9.17, 15) is 0 Å². The van der Waals surface area contributed by atoms with Crippen LogP contribution in [0.15, 0.2) is 13.2 Å². The van der Waals surface area contributed by atoms with Gasteiger partial charge in [0, 0.05) is 56.7 Å². The Kier molecular flexibility index (Phi) is 12.4. The lowest BCUT2D eigenvalue weighted by atomic mass is 9.99. The lowest BCUT2D eigenvalue weighted by Gasteiger charge is -2.38. The molecule has 0 fully saturated rings. The topological polar surface area (TPSA) is 19.7 Å². The molecule has 6 rings (SSSR count). The highest BCUT2D eigenvalue weighted by molar-refractivity contribution is 6.76.